The number of amides is 2. The molecule has 0 aliphatic carbocycles. The minimum atomic E-state index is -0.333. The predicted molar refractivity (Wildman–Crippen MR) is 100 cm³/mol. The van der Waals surface area contributed by atoms with Gasteiger partial charge in [-0.05, 0) is 58.6 Å². The number of hydrogen-bond acceptors (Lipinski definition) is 3. The van der Waals surface area contributed by atoms with Gasteiger partial charge in [0.25, 0.3) is 5.91 Å². The van der Waals surface area contributed by atoms with Crippen LogP contribution in [0.25, 0.3) is 0 Å². The summed E-state index contributed by atoms with van der Waals surface area (Å²) >= 11 is 3.40. The molecule has 132 valence electrons. The van der Waals surface area contributed by atoms with Crippen LogP contribution >= 0.6 is 15.9 Å². The molecule has 0 unspecified atom stereocenters. The molecule has 2 aromatic rings. The monoisotopic (exact) mass is 404 g/mol. The Labute approximate surface area is 155 Å². The third-order valence-electron chi connectivity index (χ3n) is 3.58. The first kappa shape index (κ1) is 19.0. The fraction of sp³-hybridized carbons (Fsp3) is 0.263. The first-order valence-electron chi connectivity index (χ1n) is 8.15. The van der Waals surface area contributed by atoms with E-state index in [1.54, 1.807) is 12.1 Å². The van der Waals surface area contributed by atoms with Gasteiger partial charge in [-0.3, -0.25) is 20.4 Å². The van der Waals surface area contributed by atoms with Crippen LogP contribution in [0.1, 0.15) is 35.7 Å². The van der Waals surface area contributed by atoms with Gasteiger partial charge in [0.15, 0.2) is 0 Å². The minimum Gasteiger partial charge on any atom is -0.492 e. The maximum Gasteiger partial charge on any atom is 0.269 e. The Bertz CT molecular complexity index is 717. The first-order valence-corrected chi connectivity index (χ1v) is 8.95. The molecule has 0 saturated carbocycles. The van der Waals surface area contributed by atoms with Crippen molar-refractivity contribution < 1.29 is 14.3 Å². The highest BCUT2D eigenvalue weighted by molar-refractivity contribution is 9.10. The lowest BCUT2D eigenvalue weighted by Gasteiger charge is -2.09. The first-order chi connectivity index (χ1) is 12.1. The molecule has 0 spiro atoms. The quantitative estimate of drug-likeness (QED) is 0.546. The van der Waals surface area contributed by atoms with E-state index in [-0.39, 0.29) is 18.2 Å². The summed E-state index contributed by atoms with van der Waals surface area (Å²) in [6.07, 6.45) is 1.73. The highest BCUT2D eigenvalue weighted by atomic mass is 79.9. The van der Waals surface area contributed by atoms with Gasteiger partial charge < -0.3 is 4.74 Å². The zero-order valence-electron chi connectivity index (χ0n) is 14.0. The predicted octanol–water partition coefficient (Wildman–Crippen LogP) is 3.63. The maximum absolute atomic E-state index is 11.9. The lowest BCUT2D eigenvalue weighted by Crippen LogP contribution is -2.41. The van der Waals surface area contributed by atoms with Crippen molar-refractivity contribution in [2.45, 2.75) is 26.2 Å². The van der Waals surface area contributed by atoms with Crippen LogP contribution in [0, 0.1) is 0 Å². The molecule has 0 aliphatic heterocycles. The molecule has 2 aromatic carbocycles. The largest absolute Gasteiger partial charge is 0.492 e. The molecule has 0 heterocycles. The second-order valence-electron chi connectivity index (χ2n) is 5.44. The maximum atomic E-state index is 11.9. The van der Waals surface area contributed by atoms with E-state index < -0.39 is 0 Å². The van der Waals surface area contributed by atoms with Crippen LogP contribution in [-0.4, -0.2) is 18.4 Å². The van der Waals surface area contributed by atoms with Gasteiger partial charge >= 0.3 is 0 Å². The summed E-state index contributed by atoms with van der Waals surface area (Å²) in [4.78, 5) is 23.7. The summed E-state index contributed by atoms with van der Waals surface area (Å²) in [5, 5.41) is 0. The van der Waals surface area contributed by atoms with E-state index in [0.29, 0.717) is 18.6 Å². The molecule has 2 rings (SSSR count). The van der Waals surface area contributed by atoms with Crippen molar-refractivity contribution in [3.63, 3.8) is 0 Å². The molecule has 2 amide bonds. The number of nitrogens with one attached hydrogen (secondary N) is 2. The fourth-order valence-electron chi connectivity index (χ4n) is 2.13. The second-order valence-corrected chi connectivity index (χ2v) is 6.29. The Kier molecular flexibility index (Phi) is 7.47. The molecule has 6 heteroatoms. The average molecular weight is 405 g/mol. The van der Waals surface area contributed by atoms with Gasteiger partial charge in [-0.15, -0.1) is 0 Å². The zero-order chi connectivity index (χ0) is 18.1. The Hall–Kier alpha value is -2.34. The van der Waals surface area contributed by atoms with Crippen LogP contribution < -0.4 is 15.6 Å². The molecule has 0 aromatic heterocycles. The van der Waals surface area contributed by atoms with Crippen molar-refractivity contribution in [3.8, 4) is 5.75 Å². The molecule has 0 atom stereocenters. The van der Waals surface area contributed by atoms with Crippen molar-refractivity contribution in [3.05, 3.63) is 64.1 Å². The number of ether oxygens (including phenoxy) is 1. The Balaban J connectivity index is 1.66. The normalized spacial score (nSPS) is 10.2. The molecule has 5 nitrogen and oxygen atoms in total. The van der Waals surface area contributed by atoms with E-state index in [1.807, 2.05) is 36.4 Å². The van der Waals surface area contributed by atoms with Crippen LogP contribution in [0.15, 0.2) is 53.0 Å². The van der Waals surface area contributed by atoms with Crippen LogP contribution in [0.3, 0.4) is 0 Å². The molecule has 2 N–H and O–H groups in total. The molecule has 0 radical (unpaired) electrons. The number of aryl methyl sites for hydroxylation is 1. The van der Waals surface area contributed by atoms with E-state index in [0.717, 1.165) is 22.2 Å². The van der Waals surface area contributed by atoms with Gasteiger partial charge in [0, 0.05) is 12.0 Å². The minimum absolute atomic E-state index is 0.255. The van der Waals surface area contributed by atoms with Gasteiger partial charge in [-0.1, -0.05) is 31.2 Å². The number of halogens is 1. The van der Waals surface area contributed by atoms with E-state index in [4.69, 9.17) is 4.74 Å². The lowest BCUT2D eigenvalue weighted by molar-refractivity contribution is -0.122. The van der Waals surface area contributed by atoms with Crippen molar-refractivity contribution >= 4 is 27.7 Å². The van der Waals surface area contributed by atoms with Crippen LogP contribution in [-0.2, 0) is 11.2 Å². The SMILES string of the molecule is CCc1ccc(C(=O)NNC(=O)CCCOc2ccccc2Br)cc1. The standard InChI is InChI=1S/C19H21BrN2O3/c1-2-14-9-11-15(12-10-14)19(24)22-21-18(23)8-5-13-25-17-7-4-3-6-16(17)20/h3-4,6-7,9-12H,2,5,8,13H2,1H3,(H,21,23)(H,22,24). The Morgan fingerprint density at radius 2 is 1.76 bits per heavy atom. The van der Waals surface area contributed by atoms with Crippen LogP contribution in [0.4, 0.5) is 0 Å². The Morgan fingerprint density at radius 1 is 1.04 bits per heavy atom. The fourth-order valence-corrected chi connectivity index (χ4v) is 2.53. The lowest BCUT2D eigenvalue weighted by atomic mass is 10.1. The number of carbonyl (C=O) groups is 2. The molecule has 0 fully saturated rings. The third kappa shape index (κ3) is 6.23. The summed E-state index contributed by atoms with van der Waals surface area (Å²) in [6.45, 7) is 2.47. The molecule has 0 bridgehead atoms. The number of benzene rings is 2. The van der Waals surface area contributed by atoms with Crippen LogP contribution in [0.5, 0.6) is 5.75 Å². The summed E-state index contributed by atoms with van der Waals surface area (Å²) in [7, 11) is 0. The number of rotatable bonds is 7. The molecular formula is C19H21BrN2O3. The molecule has 0 aliphatic rings. The molecule has 25 heavy (non-hydrogen) atoms. The highest BCUT2D eigenvalue weighted by Crippen LogP contribution is 2.23. The average Bonchev–Trinajstić information content (AvgIpc) is 2.64. The molecular weight excluding hydrogens is 384 g/mol. The van der Waals surface area contributed by atoms with Gasteiger partial charge in [-0.25, -0.2) is 0 Å². The number of hydrazine groups is 1. The highest BCUT2D eigenvalue weighted by Gasteiger charge is 2.07. The van der Waals surface area contributed by atoms with Gasteiger partial charge in [0.1, 0.15) is 5.75 Å². The number of carbonyl (C=O) groups excluding carboxylic acids is 2. The zero-order valence-corrected chi connectivity index (χ0v) is 15.6. The Morgan fingerprint density at radius 3 is 2.44 bits per heavy atom. The van der Waals surface area contributed by atoms with Gasteiger partial charge in [0.05, 0.1) is 11.1 Å². The summed E-state index contributed by atoms with van der Waals surface area (Å²) < 4.78 is 6.47. The van der Waals surface area contributed by atoms with Crippen molar-refractivity contribution in [1.82, 2.24) is 10.9 Å². The van der Waals surface area contributed by atoms with E-state index in [2.05, 4.69) is 33.7 Å². The molecule has 0 saturated heterocycles. The van der Waals surface area contributed by atoms with Gasteiger partial charge in [-0.2, -0.15) is 0 Å². The van der Waals surface area contributed by atoms with E-state index in [9.17, 15) is 9.59 Å². The summed E-state index contributed by atoms with van der Waals surface area (Å²) in [6, 6.07) is 14.8. The smallest absolute Gasteiger partial charge is 0.269 e. The summed E-state index contributed by atoms with van der Waals surface area (Å²) in [5.41, 5.74) is 6.50. The second kappa shape index (κ2) is 9.84. The van der Waals surface area contributed by atoms with E-state index in [1.165, 1.54) is 0 Å². The third-order valence-corrected chi connectivity index (χ3v) is 4.24. The topological polar surface area (TPSA) is 67.4 Å². The van der Waals surface area contributed by atoms with E-state index >= 15 is 0 Å². The number of para-hydroxylation sites is 1. The van der Waals surface area contributed by atoms with Crippen molar-refractivity contribution in [1.29, 1.82) is 0 Å². The summed E-state index contributed by atoms with van der Waals surface area (Å²) in [5.74, 6) is 0.154. The van der Waals surface area contributed by atoms with Crippen molar-refractivity contribution in [2.75, 3.05) is 6.61 Å². The van der Waals surface area contributed by atoms with Gasteiger partial charge in [0.2, 0.25) is 5.91 Å². The van der Waals surface area contributed by atoms with Crippen LogP contribution in [0.2, 0.25) is 0 Å². The van der Waals surface area contributed by atoms with Crippen molar-refractivity contribution in [2.24, 2.45) is 0 Å². The number of hydrogen-bond donors (Lipinski definition) is 2.